The van der Waals surface area contributed by atoms with Crippen LogP contribution in [0.3, 0.4) is 0 Å². The number of hydrogen-bond acceptors (Lipinski definition) is 2. The molecule has 1 unspecified atom stereocenters. The van der Waals surface area contributed by atoms with Gasteiger partial charge in [0.05, 0.1) is 6.54 Å². The molecule has 2 rings (SSSR count). The summed E-state index contributed by atoms with van der Waals surface area (Å²) in [4.78, 5) is 4.30. The van der Waals surface area contributed by atoms with Gasteiger partial charge in [0.2, 0.25) is 0 Å². The van der Waals surface area contributed by atoms with Gasteiger partial charge in [0.1, 0.15) is 11.9 Å². The van der Waals surface area contributed by atoms with Crippen molar-refractivity contribution < 1.29 is 4.74 Å². The summed E-state index contributed by atoms with van der Waals surface area (Å²) in [5.74, 6) is 1.81. The van der Waals surface area contributed by atoms with Crippen LogP contribution in [0.2, 0.25) is 0 Å². The van der Waals surface area contributed by atoms with Crippen molar-refractivity contribution in [2.45, 2.75) is 51.2 Å². The molecule has 0 spiro atoms. The normalized spacial score (nSPS) is 16.7. The molecule has 1 aromatic carbocycles. The number of nitrogens with zero attached hydrogens (tertiary/aromatic N) is 1. The van der Waals surface area contributed by atoms with Crippen LogP contribution in [-0.4, -0.2) is 31.7 Å². The number of guanidine groups is 1. The summed E-state index contributed by atoms with van der Waals surface area (Å²) in [5.41, 5.74) is 0. The Kier molecular flexibility index (Phi) is 9.27. The summed E-state index contributed by atoms with van der Waals surface area (Å²) in [6.07, 6.45) is 6.25. The highest BCUT2D eigenvalue weighted by Crippen LogP contribution is 2.17. The number of hydrogen-bond donors (Lipinski definition) is 2. The highest BCUT2D eigenvalue weighted by atomic mass is 127. The van der Waals surface area contributed by atoms with Crippen LogP contribution in [0, 0.1) is 0 Å². The van der Waals surface area contributed by atoms with E-state index < -0.39 is 0 Å². The van der Waals surface area contributed by atoms with Gasteiger partial charge in [0, 0.05) is 13.1 Å². The molecule has 0 bridgehead atoms. The van der Waals surface area contributed by atoms with Crippen LogP contribution in [0.15, 0.2) is 35.3 Å². The van der Waals surface area contributed by atoms with Crippen LogP contribution in [-0.2, 0) is 0 Å². The molecule has 124 valence electrons. The highest BCUT2D eigenvalue weighted by molar-refractivity contribution is 14.0. The van der Waals surface area contributed by atoms with E-state index in [-0.39, 0.29) is 30.1 Å². The van der Waals surface area contributed by atoms with E-state index in [1.165, 1.54) is 25.7 Å². The number of para-hydroxylation sites is 1. The predicted molar refractivity (Wildman–Crippen MR) is 103 cm³/mol. The molecule has 4 nitrogen and oxygen atoms in total. The summed E-state index contributed by atoms with van der Waals surface area (Å²) >= 11 is 0. The average molecular weight is 417 g/mol. The second-order valence-electron chi connectivity index (χ2n) is 5.54. The monoisotopic (exact) mass is 417 g/mol. The predicted octanol–water partition coefficient (Wildman–Crippen LogP) is 3.57. The fourth-order valence-corrected chi connectivity index (χ4v) is 2.63. The van der Waals surface area contributed by atoms with E-state index in [4.69, 9.17) is 4.74 Å². The fourth-order valence-electron chi connectivity index (χ4n) is 2.63. The maximum Gasteiger partial charge on any atom is 0.191 e. The fraction of sp³-hybridized carbons (Fsp3) is 0.588. The number of halogens is 1. The van der Waals surface area contributed by atoms with Crippen molar-refractivity contribution in [2.75, 3.05) is 13.6 Å². The number of ether oxygens (including phenoxy) is 1. The van der Waals surface area contributed by atoms with Crippen molar-refractivity contribution >= 4 is 29.9 Å². The minimum atomic E-state index is 0. The highest BCUT2D eigenvalue weighted by Gasteiger charge is 2.16. The van der Waals surface area contributed by atoms with Gasteiger partial charge in [-0.2, -0.15) is 0 Å². The van der Waals surface area contributed by atoms with Crippen molar-refractivity contribution in [3.8, 4) is 5.75 Å². The van der Waals surface area contributed by atoms with Gasteiger partial charge >= 0.3 is 0 Å². The Morgan fingerprint density at radius 3 is 2.55 bits per heavy atom. The molecule has 0 aromatic heterocycles. The van der Waals surface area contributed by atoms with E-state index in [0.717, 1.165) is 24.7 Å². The Morgan fingerprint density at radius 2 is 1.95 bits per heavy atom. The van der Waals surface area contributed by atoms with Gasteiger partial charge in [-0.15, -0.1) is 24.0 Å². The molecule has 22 heavy (non-hydrogen) atoms. The van der Waals surface area contributed by atoms with Crippen LogP contribution < -0.4 is 15.4 Å². The molecule has 1 atom stereocenters. The van der Waals surface area contributed by atoms with E-state index in [2.05, 4.69) is 22.5 Å². The third-order valence-electron chi connectivity index (χ3n) is 3.92. The quantitative estimate of drug-likeness (QED) is 0.423. The van der Waals surface area contributed by atoms with Gasteiger partial charge in [-0.05, 0) is 31.4 Å². The van der Waals surface area contributed by atoms with Crippen LogP contribution in [0.25, 0.3) is 0 Å². The third-order valence-corrected chi connectivity index (χ3v) is 3.92. The van der Waals surface area contributed by atoms with E-state index in [0.29, 0.717) is 6.04 Å². The lowest BCUT2D eigenvalue weighted by Gasteiger charge is -2.21. The molecule has 5 heteroatoms. The molecule has 0 amide bonds. The summed E-state index contributed by atoms with van der Waals surface area (Å²) in [6, 6.07) is 10.6. The molecule has 1 fully saturated rings. The molecular formula is C17H28IN3O. The number of benzene rings is 1. The van der Waals surface area contributed by atoms with Crippen LogP contribution in [0.1, 0.15) is 39.0 Å². The van der Waals surface area contributed by atoms with Gasteiger partial charge in [0.15, 0.2) is 5.96 Å². The first-order chi connectivity index (χ1) is 10.3. The van der Waals surface area contributed by atoms with E-state index in [1.807, 2.05) is 37.4 Å². The first-order valence-corrected chi connectivity index (χ1v) is 8.00. The van der Waals surface area contributed by atoms with Gasteiger partial charge in [-0.25, -0.2) is 0 Å². The van der Waals surface area contributed by atoms with Gasteiger partial charge in [-0.3, -0.25) is 4.99 Å². The molecule has 0 saturated heterocycles. The van der Waals surface area contributed by atoms with Gasteiger partial charge in [-0.1, -0.05) is 38.0 Å². The molecule has 1 aromatic rings. The standard InChI is InChI=1S/C17H27N3O.HI/c1-3-15(21-16-11-5-4-6-12-16)13-19-17(18-2)20-14-9-7-8-10-14;/h4-6,11-12,14-15H,3,7-10,13H2,1-2H3,(H2,18,19,20);1H. The lowest BCUT2D eigenvalue weighted by atomic mass is 10.2. The summed E-state index contributed by atoms with van der Waals surface area (Å²) in [6.45, 7) is 2.90. The van der Waals surface area contributed by atoms with Crippen molar-refractivity contribution in [1.29, 1.82) is 0 Å². The SMILES string of the molecule is CCC(CNC(=NC)NC1CCCC1)Oc1ccccc1.I. The van der Waals surface area contributed by atoms with Gasteiger partial charge < -0.3 is 15.4 Å². The molecule has 0 heterocycles. The van der Waals surface area contributed by atoms with E-state index in [9.17, 15) is 0 Å². The van der Waals surface area contributed by atoms with Crippen LogP contribution >= 0.6 is 24.0 Å². The Morgan fingerprint density at radius 1 is 1.27 bits per heavy atom. The zero-order valence-corrected chi connectivity index (χ0v) is 15.9. The number of aliphatic imine (C=N–C) groups is 1. The number of rotatable bonds is 6. The Hall–Kier alpha value is -0.980. The van der Waals surface area contributed by atoms with Crippen LogP contribution in [0.4, 0.5) is 0 Å². The van der Waals surface area contributed by atoms with Crippen molar-refractivity contribution in [3.63, 3.8) is 0 Å². The molecule has 1 aliphatic rings. The third kappa shape index (κ3) is 6.42. The smallest absolute Gasteiger partial charge is 0.191 e. The molecule has 0 aliphatic heterocycles. The Bertz CT molecular complexity index is 433. The topological polar surface area (TPSA) is 45.7 Å². The zero-order valence-electron chi connectivity index (χ0n) is 13.5. The maximum atomic E-state index is 5.98. The first kappa shape index (κ1) is 19.1. The lowest BCUT2D eigenvalue weighted by Crippen LogP contribution is -2.45. The van der Waals surface area contributed by atoms with E-state index >= 15 is 0 Å². The van der Waals surface area contributed by atoms with Crippen LogP contribution in [0.5, 0.6) is 5.75 Å². The summed E-state index contributed by atoms with van der Waals surface area (Å²) < 4.78 is 5.98. The maximum absolute atomic E-state index is 5.98. The second kappa shape index (κ2) is 10.7. The summed E-state index contributed by atoms with van der Waals surface area (Å²) in [5, 5.41) is 6.87. The second-order valence-corrected chi connectivity index (χ2v) is 5.54. The molecule has 0 radical (unpaired) electrons. The molecule has 1 saturated carbocycles. The molecular weight excluding hydrogens is 389 g/mol. The minimum Gasteiger partial charge on any atom is -0.489 e. The Balaban J connectivity index is 0.00000242. The van der Waals surface area contributed by atoms with Crippen molar-refractivity contribution in [2.24, 2.45) is 4.99 Å². The molecule has 2 N–H and O–H groups in total. The summed E-state index contributed by atoms with van der Waals surface area (Å²) in [7, 11) is 1.82. The van der Waals surface area contributed by atoms with Crippen molar-refractivity contribution in [3.05, 3.63) is 30.3 Å². The minimum absolute atomic E-state index is 0. The molecule has 1 aliphatic carbocycles. The average Bonchev–Trinajstić information content (AvgIpc) is 3.04. The van der Waals surface area contributed by atoms with Gasteiger partial charge in [0.25, 0.3) is 0 Å². The Labute approximate surface area is 151 Å². The zero-order chi connectivity index (χ0) is 14.9. The van der Waals surface area contributed by atoms with Crippen molar-refractivity contribution in [1.82, 2.24) is 10.6 Å². The number of nitrogens with one attached hydrogen (secondary N) is 2. The first-order valence-electron chi connectivity index (χ1n) is 8.00. The van der Waals surface area contributed by atoms with E-state index in [1.54, 1.807) is 0 Å². The lowest BCUT2D eigenvalue weighted by molar-refractivity contribution is 0.199. The largest absolute Gasteiger partial charge is 0.489 e.